The van der Waals surface area contributed by atoms with Crippen LogP contribution in [0, 0.1) is 12.1 Å². The number of hydrogen-bond acceptors (Lipinski definition) is 4. The maximum Gasteiger partial charge on any atom is 0.321 e. The van der Waals surface area contributed by atoms with Crippen LogP contribution in [0.5, 0.6) is 11.5 Å². The SMILES string of the molecule is COc1cc(C)c(NC(=O)c2cccc[n+]2[O-])cc1OC. The van der Waals surface area contributed by atoms with E-state index >= 15 is 0 Å². The first-order valence-electron chi connectivity index (χ1n) is 6.29. The van der Waals surface area contributed by atoms with E-state index in [4.69, 9.17) is 9.47 Å². The minimum Gasteiger partial charge on any atom is -0.618 e. The van der Waals surface area contributed by atoms with Crippen LogP contribution in [-0.4, -0.2) is 20.1 Å². The molecule has 2 aromatic rings. The molecule has 1 N–H and O–H groups in total. The zero-order valence-electron chi connectivity index (χ0n) is 12.0. The molecule has 0 unspecified atom stereocenters. The van der Waals surface area contributed by atoms with Crippen molar-refractivity contribution >= 4 is 11.6 Å². The summed E-state index contributed by atoms with van der Waals surface area (Å²) in [5, 5.41) is 14.3. The van der Waals surface area contributed by atoms with Gasteiger partial charge in [0.05, 0.1) is 14.2 Å². The molecule has 110 valence electrons. The average molecular weight is 288 g/mol. The summed E-state index contributed by atoms with van der Waals surface area (Å²) < 4.78 is 10.9. The second-order valence-electron chi connectivity index (χ2n) is 4.39. The van der Waals surface area contributed by atoms with E-state index in [0.29, 0.717) is 21.9 Å². The van der Waals surface area contributed by atoms with Crippen molar-refractivity contribution in [1.82, 2.24) is 0 Å². The highest BCUT2D eigenvalue weighted by molar-refractivity contribution is 6.02. The molecule has 6 nitrogen and oxygen atoms in total. The lowest BCUT2D eigenvalue weighted by Crippen LogP contribution is -2.36. The molecular formula is C15H16N2O4. The second-order valence-corrected chi connectivity index (χ2v) is 4.39. The first-order chi connectivity index (χ1) is 10.1. The normalized spacial score (nSPS) is 10.0. The number of hydrogen-bond donors (Lipinski definition) is 1. The van der Waals surface area contributed by atoms with Crippen LogP contribution in [0.25, 0.3) is 0 Å². The summed E-state index contributed by atoms with van der Waals surface area (Å²) in [6.07, 6.45) is 1.27. The van der Waals surface area contributed by atoms with Gasteiger partial charge in [0.2, 0.25) is 0 Å². The van der Waals surface area contributed by atoms with Gasteiger partial charge in [-0.1, -0.05) is 0 Å². The Hall–Kier alpha value is -2.76. The molecule has 1 aromatic carbocycles. The molecule has 0 saturated carbocycles. The summed E-state index contributed by atoms with van der Waals surface area (Å²) in [5.74, 6) is 0.592. The number of aryl methyl sites for hydroxylation is 1. The van der Waals surface area contributed by atoms with Gasteiger partial charge in [-0.05, 0) is 24.6 Å². The Morgan fingerprint density at radius 3 is 2.48 bits per heavy atom. The largest absolute Gasteiger partial charge is 0.618 e. The molecule has 0 spiro atoms. The number of anilines is 1. The first-order valence-corrected chi connectivity index (χ1v) is 6.29. The molecule has 6 heteroatoms. The number of benzene rings is 1. The summed E-state index contributed by atoms with van der Waals surface area (Å²) in [5.41, 5.74) is 1.38. The summed E-state index contributed by atoms with van der Waals surface area (Å²) in [6.45, 7) is 1.83. The smallest absolute Gasteiger partial charge is 0.321 e. The molecule has 21 heavy (non-hydrogen) atoms. The minimum absolute atomic E-state index is 0.0201. The van der Waals surface area contributed by atoms with Gasteiger partial charge in [0.1, 0.15) is 0 Å². The van der Waals surface area contributed by atoms with E-state index in [1.165, 1.54) is 19.4 Å². The lowest BCUT2D eigenvalue weighted by atomic mass is 10.1. The van der Waals surface area contributed by atoms with Crippen LogP contribution in [0.2, 0.25) is 0 Å². The van der Waals surface area contributed by atoms with Crippen molar-refractivity contribution in [2.75, 3.05) is 19.5 Å². The fourth-order valence-corrected chi connectivity index (χ4v) is 1.91. The Labute approximate surface area is 122 Å². The van der Waals surface area contributed by atoms with Gasteiger partial charge < -0.3 is 20.0 Å². The number of ether oxygens (including phenoxy) is 2. The van der Waals surface area contributed by atoms with Gasteiger partial charge in [0.25, 0.3) is 5.69 Å². The van der Waals surface area contributed by atoms with E-state index in [2.05, 4.69) is 5.32 Å². The average Bonchev–Trinajstić information content (AvgIpc) is 2.49. The number of amides is 1. The summed E-state index contributed by atoms with van der Waals surface area (Å²) in [6, 6.07) is 8.06. The van der Waals surface area contributed by atoms with Crippen molar-refractivity contribution in [2.45, 2.75) is 6.92 Å². The third kappa shape index (κ3) is 3.05. The quantitative estimate of drug-likeness (QED) is 0.688. The van der Waals surface area contributed by atoms with E-state index in [0.717, 1.165) is 5.56 Å². The van der Waals surface area contributed by atoms with Crippen molar-refractivity contribution in [2.24, 2.45) is 0 Å². The number of nitrogens with zero attached hydrogens (tertiary/aromatic N) is 1. The molecule has 0 aliphatic rings. The van der Waals surface area contributed by atoms with Crippen molar-refractivity contribution in [3.63, 3.8) is 0 Å². The van der Waals surface area contributed by atoms with Crippen LogP contribution in [0.1, 0.15) is 16.1 Å². The van der Waals surface area contributed by atoms with Crippen LogP contribution in [0.4, 0.5) is 5.69 Å². The molecule has 1 heterocycles. The fraction of sp³-hybridized carbons (Fsp3) is 0.200. The Morgan fingerprint density at radius 2 is 1.86 bits per heavy atom. The van der Waals surface area contributed by atoms with Crippen LogP contribution in [0.15, 0.2) is 36.5 Å². The summed E-state index contributed by atoms with van der Waals surface area (Å²) in [4.78, 5) is 12.1. The maximum atomic E-state index is 12.1. The highest BCUT2D eigenvalue weighted by Gasteiger charge is 2.17. The first kappa shape index (κ1) is 14.6. The Morgan fingerprint density at radius 1 is 1.19 bits per heavy atom. The maximum absolute atomic E-state index is 12.1. The molecule has 0 atom stereocenters. The number of aromatic nitrogens is 1. The summed E-state index contributed by atoms with van der Waals surface area (Å²) in [7, 11) is 3.06. The molecule has 0 aliphatic carbocycles. The van der Waals surface area contributed by atoms with E-state index in [-0.39, 0.29) is 5.69 Å². The van der Waals surface area contributed by atoms with Gasteiger partial charge >= 0.3 is 5.91 Å². The monoisotopic (exact) mass is 288 g/mol. The zero-order valence-corrected chi connectivity index (χ0v) is 12.0. The molecule has 2 rings (SSSR count). The zero-order chi connectivity index (χ0) is 15.4. The van der Waals surface area contributed by atoms with Crippen molar-refractivity contribution in [3.8, 4) is 11.5 Å². The number of carbonyl (C=O) groups is 1. The van der Waals surface area contributed by atoms with E-state index in [9.17, 15) is 10.0 Å². The predicted molar refractivity (Wildman–Crippen MR) is 77.6 cm³/mol. The minimum atomic E-state index is -0.485. The topological polar surface area (TPSA) is 74.5 Å². The van der Waals surface area contributed by atoms with Gasteiger partial charge in [-0.3, -0.25) is 4.79 Å². The number of carbonyl (C=O) groups excluding carboxylic acids is 1. The lowest BCUT2D eigenvalue weighted by Gasteiger charge is -2.13. The highest BCUT2D eigenvalue weighted by Crippen LogP contribution is 2.32. The van der Waals surface area contributed by atoms with Crippen molar-refractivity contribution in [3.05, 3.63) is 53.0 Å². The van der Waals surface area contributed by atoms with E-state index in [1.54, 1.807) is 31.4 Å². The van der Waals surface area contributed by atoms with Gasteiger partial charge in [0, 0.05) is 23.9 Å². The lowest BCUT2D eigenvalue weighted by molar-refractivity contribution is -0.607. The standard InChI is InChI=1S/C15H16N2O4/c1-10-8-13(20-2)14(21-3)9-11(10)16-15(18)12-6-4-5-7-17(12)19/h4-9H,1-3H3,(H,16,18). The Bertz CT molecular complexity index is 671. The fourth-order valence-electron chi connectivity index (χ4n) is 1.91. The molecule has 0 radical (unpaired) electrons. The number of rotatable bonds is 4. The van der Waals surface area contributed by atoms with Crippen LogP contribution >= 0.6 is 0 Å². The molecule has 0 aliphatic heterocycles. The molecule has 1 amide bonds. The van der Waals surface area contributed by atoms with E-state index in [1.807, 2.05) is 6.92 Å². The van der Waals surface area contributed by atoms with Crippen molar-refractivity contribution in [1.29, 1.82) is 0 Å². The van der Waals surface area contributed by atoms with Crippen LogP contribution in [-0.2, 0) is 0 Å². The third-order valence-corrected chi connectivity index (χ3v) is 3.04. The van der Waals surface area contributed by atoms with E-state index < -0.39 is 5.91 Å². The molecular weight excluding hydrogens is 272 g/mol. The number of nitrogens with one attached hydrogen (secondary N) is 1. The van der Waals surface area contributed by atoms with Gasteiger partial charge in [-0.2, -0.15) is 4.73 Å². The molecule has 0 saturated heterocycles. The highest BCUT2D eigenvalue weighted by atomic mass is 16.5. The third-order valence-electron chi connectivity index (χ3n) is 3.04. The van der Waals surface area contributed by atoms with Crippen LogP contribution in [0.3, 0.4) is 0 Å². The number of pyridine rings is 1. The second kappa shape index (κ2) is 6.13. The molecule has 0 bridgehead atoms. The molecule has 0 fully saturated rings. The Kier molecular flexibility index (Phi) is 4.27. The number of methoxy groups -OCH3 is 2. The Balaban J connectivity index is 2.31. The predicted octanol–water partition coefficient (Wildman–Crippen LogP) is 1.90. The van der Waals surface area contributed by atoms with Gasteiger partial charge in [0.15, 0.2) is 17.7 Å². The van der Waals surface area contributed by atoms with Crippen LogP contribution < -0.4 is 19.5 Å². The van der Waals surface area contributed by atoms with Gasteiger partial charge in [-0.25, -0.2) is 0 Å². The summed E-state index contributed by atoms with van der Waals surface area (Å²) >= 11 is 0. The van der Waals surface area contributed by atoms with Crippen molar-refractivity contribution < 1.29 is 19.0 Å². The molecule has 1 aromatic heterocycles. The van der Waals surface area contributed by atoms with Gasteiger partial charge in [-0.15, -0.1) is 0 Å².